The molecule has 0 fully saturated rings. The van der Waals surface area contributed by atoms with Crippen molar-refractivity contribution < 1.29 is 15.0 Å². The van der Waals surface area contributed by atoms with Crippen LogP contribution in [0.5, 0.6) is 5.88 Å². The zero-order valence-corrected chi connectivity index (χ0v) is 15.6. The largest absolute Gasteiger partial charge is 0.492 e. The molecule has 0 aliphatic heterocycles. The molecule has 0 radical (unpaired) electrons. The van der Waals surface area contributed by atoms with Crippen molar-refractivity contribution >= 4 is 34.3 Å². The first kappa shape index (κ1) is 18.1. The number of carbonyl (C=O) groups is 1. The van der Waals surface area contributed by atoms with Crippen molar-refractivity contribution in [2.45, 2.75) is 32.7 Å². The number of nitrogens with zero attached hydrogens (tertiary/aromatic N) is 3. The Labute approximate surface area is 154 Å². The molecule has 9 heteroatoms. The Bertz CT molecular complexity index is 1000. The van der Waals surface area contributed by atoms with E-state index in [0.29, 0.717) is 16.7 Å². The highest BCUT2D eigenvalue weighted by atomic mass is 35.5. The fourth-order valence-electron chi connectivity index (χ4n) is 2.84. The third kappa shape index (κ3) is 3.08. The minimum Gasteiger partial charge on any atom is -0.492 e. The monoisotopic (exact) mass is 377 g/mol. The van der Waals surface area contributed by atoms with Gasteiger partial charge in [0.2, 0.25) is 5.88 Å². The van der Waals surface area contributed by atoms with E-state index in [1.54, 1.807) is 0 Å². The molecule has 26 heavy (non-hydrogen) atoms. The van der Waals surface area contributed by atoms with Gasteiger partial charge in [-0.05, 0) is 23.1 Å². The van der Waals surface area contributed by atoms with Gasteiger partial charge in [0.05, 0.1) is 12.1 Å². The molecule has 1 aromatic carbocycles. The minimum absolute atomic E-state index is 0.123. The van der Waals surface area contributed by atoms with Gasteiger partial charge in [-0.1, -0.05) is 32.4 Å². The Kier molecular flexibility index (Phi) is 4.31. The fourth-order valence-corrected chi connectivity index (χ4v) is 3.28. The number of aromatic amines is 1. The number of aromatic carboxylic acids is 1. The zero-order chi connectivity index (χ0) is 19.2. The highest BCUT2D eigenvalue weighted by Gasteiger charge is 2.22. The molecule has 0 bridgehead atoms. The van der Waals surface area contributed by atoms with Crippen molar-refractivity contribution in [2.75, 3.05) is 5.32 Å². The lowest BCUT2D eigenvalue weighted by molar-refractivity contribution is 0.0682. The van der Waals surface area contributed by atoms with Crippen molar-refractivity contribution in [2.24, 2.45) is 7.05 Å². The molecule has 8 nitrogen and oxygen atoms in total. The summed E-state index contributed by atoms with van der Waals surface area (Å²) in [5, 5.41) is 30.7. The SMILES string of the molecule is Cn1c(CNc2n[nH]c3cc(Cl)c(C(C)(C)C)cc23)nc(O)c1C(=O)O. The first-order valence-corrected chi connectivity index (χ1v) is 8.37. The van der Waals surface area contributed by atoms with Crippen molar-refractivity contribution in [1.29, 1.82) is 0 Å². The first-order valence-electron chi connectivity index (χ1n) is 7.99. The lowest BCUT2D eigenvalue weighted by Crippen LogP contribution is -2.12. The summed E-state index contributed by atoms with van der Waals surface area (Å²) in [7, 11) is 1.54. The predicted molar refractivity (Wildman–Crippen MR) is 99.0 cm³/mol. The third-order valence-electron chi connectivity index (χ3n) is 4.24. The molecule has 138 valence electrons. The standard InChI is InChI=1S/C17H20ClN5O3/c1-17(2,3)9-5-8-11(6-10(9)18)21-22-14(8)19-7-12-20-15(24)13(16(25)26)23(12)4/h5-6,24H,7H2,1-4H3,(H,25,26)(H2,19,21,22). The second kappa shape index (κ2) is 6.21. The van der Waals surface area contributed by atoms with Crippen molar-refractivity contribution in [1.82, 2.24) is 19.7 Å². The quantitative estimate of drug-likeness (QED) is 0.554. The number of carboxylic acids is 1. The summed E-state index contributed by atoms with van der Waals surface area (Å²) >= 11 is 6.38. The molecule has 0 amide bonds. The van der Waals surface area contributed by atoms with E-state index in [9.17, 15) is 9.90 Å². The van der Waals surface area contributed by atoms with E-state index < -0.39 is 11.8 Å². The second-order valence-electron chi connectivity index (χ2n) is 7.12. The molecule has 0 saturated heterocycles. The molecule has 3 aromatic rings. The Hall–Kier alpha value is -2.74. The smallest absolute Gasteiger partial charge is 0.358 e. The van der Waals surface area contributed by atoms with Crippen LogP contribution in [0.1, 0.15) is 42.6 Å². The van der Waals surface area contributed by atoms with Crippen molar-refractivity contribution in [3.8, 4) is 5.88 Å². The number of aromatic hydroxyl groups is 1. The van der Waals surface area contributed by atoms with Crippen LogP contribution in [0.15, 0.2) is 12.1 Å². The average Bonchev–Trinajstić information content (AvgIpc) is 3.03. The van der Waals surface area contributed by atoms with Gasteiger partial charge in [-0.2, -0.15) is 10.1 Å². The first-order chi connectivity index (χ1) is 12.1. The van der Waals surface area contributed by atoms with Crippen LogP contribution in [0.25, 0.3) is 10.9 Å². The lowest BCUT2D eigenvalue weighted by atomic mass is 9.86. The Morgan fingerprint density at radius 2 is 2.08 bits per heavy atom. The maximum Gasteiger partial charge on any atom is 0.358 e. The number of benzene rings is 1. The van der Waals surface area contributed by atoms with Crippen molar-refractivity contribution in [3.63, 3.8) is 0 Å². The van der Waals surface area contributed by atoms with Crippen LogP contribution in [-0.2, 0) is 19.0 Å². The van der Waals surface area contributed by atoms with E-state index in [0.717, 1.165) is 16.5 Å². The highest BCUT2D eigenvalue weighted by Crippen LogP contribution is 2.34. The van der Waals surface area contributed by atoms with Crippen LogP contribution >= 0.6 is 11.6 Å². The van der Waals surface area contributed by atoms with Crippen LogP contribution in [-0.4, -0.2) is 35.9 Å². The number of H-pyrrole nitrogens is 1. The fraction of sp³-hybridized carbons (Fsp3) is 0.353. The molecule has 0 aliphatic rings. The van der Waals surface area contributed by atoms with Gasteiger partial charge in [0, 0.05) is 17.5 Å². The summed E-state index contributed by atoms with van der Waals surface area (Å²) in [5.74, 6) is -0.772. The number of halogens is 1. The molecule has 2 heterocycles. The summed E-state index contributed by atoms with van der Waals surface area (Å²) < 4.78 is 1.33. The van der Waals surface area contributed by atoms with Gasteiger partial charge in [-0.15, -0.1) is 0 Å². The Morgan fingerprint density at radius 3 is 2.65 bits per heavy atom. The van der Waals surface area contributed by atoms with Crippen molar-refractivity contribution in [3.05, 3.63) is 34.2 Å². The summed E-state index contributed by atoms with van der Waals surface area (Å²) in [4.78, 5) is 15.1. The predicted octanol–water partition coefficient (Wildman–Crippen LogP) is 3.26. The summed E-state index contributed by atoms with van der Waals surface area (Å²) in [6.07, 6.45) is 0. The lowest BCUT2D eigenvalue weighted by Gasteiger charge is -2.20. The third-order valence-corrected chi connectivity index (χ3v) is 4.56. The van der Waals surface area contributed by atoms with E-state index in [4.69, 9.17) is 16.7 Å². The Balaban J connectivity index is 1.93. The molecule has 2 aromatic heterocycles. The number of hydrogen-bond donors (Lipinski definition) is 4. The van der Waals surface area contributed by atoms with Gasteiger partial charge in [0.25, 0.3) is 0 Å². The number of hydrogen-bond acceptors (Lipinski definition) is 5. The van der Waals surface area contributed by atoms with Crippen LogP contribution in [0, 0.1) is 0 Å². The normalized spacial score (nSPS) is 11.9. The zero-order valence-electron chi connectivity index (χ0n) is 14.9. The maximum absolute atomic E-state index is 11.2. The van der Waals surface area contributed by atoms with Crippen LogP contribution in [0.3, 0.4) is 0 Å². The van der Waals surface area contributed by atoms with Gasteiger partial charge in [0.15, 0.2) is 11.5 Å². The second-order valence-corrected chi connectivity index (χ2v) is 7.53. The highest BCUT2D eigenvalue weighted by molar-refractivity contribution is 6.32. The number of aromatic nitrogens is 4. The number of imidazole rings is 1. The van der Waals surface area contributed by atoms with E-state index >= 15 is 0 Å². The van der Waals surface area contributed by atoms with Crippen LogP contribution in [0.4, 0.5) is 5.82 Å². The number of rotatable bonds is 4. The summed E-state index contributed by atoms with van der Waals surface area (Å²) in [6, 6.07) is 3.83. The molecule has 3 rings (SSSR count). The topological polar surface area (TPSA) is 116 Å². The van der Waals surface area contributed by atoms with Crippen LogP contribution < -0.4 is 5.32 Å². The number of nitrogens with one attached hydrogen (secondary N) is 2. The number of carboxylic acid groups (broad SMARTS) is 1. The molecular formula is C17H20ClN5O3. The molecular weight excluding hydrogens is 358 g/mol. The van der Waals surface area contributed by atoms with E-state index in [2.05, 4.69) is 41.3 Å². The number of anilines is 1. The van der Waals surface area contributed by atoms with Gasteiger partial charge in [-0.25, -0.2) is 4.79 Å². The molecule has 0 saturated carbocycles. The Morgan fingerprint density at radius 1 is 1.38 bits per heavy atom. The molecule has 0 unspecified atom stereocenters. The van der Waals surface area contributed by atoms with E-state index in [1.807, 2.05) is 12.1 Å². The minimum atomic E-state index is -1.24. The van der Waals surface area contributed by atoms with Gasteiger partial charge in [0.1, 0.15) is 5.82 Å². The van der Waals surface area contributed by atoms with Crippen LogP contribution in [0.2, 0.25) is 5.02 Å². The van der Waals surface area contributed by atoms with Gasteiger partial charge >= 0.3 is 5.97 Å². The van der Waals surface area contributed by atoms with Gasteiger partial charge in [-0.3, -0.25) is 5.10 Å². The van der Waals surface area contributed by atoms with Gasteiger partial charge < -0.3 is 20.1 Å². The van der Waals surface area contributed by atoms with E-state index in [-0.39, 0.29) is 17.7 Å². The molecule has 4 N–H and O–H groups in total. The maximum atomic E-state index is 11.2. The van der Waals surface area contributed by atoms with E-state index in [1.165, 1.54) is 11.6 Å². The molecule has 0 aliphatic carbocycles. The molecule has 0 atom stereocenters. The number of fused-ring (bicyclic) bond motifs is 1. The summed E-state index contributed by atoms with van der Waals surface area (Å²) in [5.41, 5.74) is 1.41. The average molecular weight is 378 g/mol. The molecule has 0 spiro atoms. The summed E-state index contributed by atoms with van der Waals surface area (Å²) in [6.45, 7) is 6.44.